The van der Waals surface area contributed by atoms with Gasteiger partial charge in [-0.3, -0.25) is 4.79 Å². The zero-order valence-electron chi connectivity index (χ0n) is 13.1. The van der Waals surface area contributed by atoms with Gasteiger partial charge in [0.15, 0.2) is 0 Å². The second kappa shape index (κ2) is 7.67. The van der Waals surface area contributed by atoms with Crippen LogP contribution >= 0.6 is 0 Å². The monoisotopic (exact) mass is 292 g/mol. The lowest BCUT2D eigenvalue weighted by Gasteiger charge is -2.26. The number of aryl methyl sites for hydroxylation is 1. The van der Waals surface area contributed by atoms with Crippen LogP contribution in [0.4, 0.5) is 4.79 Å². The lowest BCUT2D eigenvalue weighted by molar-refractivity contribution is -0.138. The van der Waals surface area contributed by atoms with E-state index in [-0.39, 0.29) is 24.5 Å². The highest BCUT2D eigenvalue weighted by molar-refractivity contribution is 5.80. The first-order valence-electron chi connectivity index (χ1n) is 7.14. The summed E-state index contributed by atoms with van der Waals surface area (Å²) in [5, 5.41) is 11.7. The van der Waals surface area contributed by atoms with Gasteiger partial charge in [0, 0.05) is 12.6 Å². The molecule has 1 unspecified atom stereocenters. The van der Waals surface area contributed by atoms with Crippen LogP contribution in [-0.2, 0) is 4.79 Å². The van der Waals surface area contributed by atoms with Gasteiger partial charge in [-0.25, -0.2) is 4.79 Å². The van der Waals surface area contributed by atoms with Crippen molar-refractivity contribution in [2.45, 2.75) is 39.7 Å². The summed E-state index contributed by atoms with van der Waals surface area (Å²) in [6.07, 6.45) is 0. The number of hydrogen-bond acceptors (Lipinski definition) is 2. The highest BCUT2D eigenvalue weighted by atomic mass is 16.4. The van der Waals surface area contributed by atoms with Crippen LogP contribution in [0.1, 0.15) is 37.8 Å². The number of nitrogens with zero attached hydrogens (tertiary/aromatic N) is 1. The Bertz CT molecular complexity index is 500. The van der Waals surface area contributed by atoms with E-state index in [1.807, 2.05) is 32.0 Å². The molecule has 2 N–H and O–H groups in total. The lowest BCUT2D eigenvalue weighted by Crippen LogP contribution is -2.47. The molecule has 0 radical (unpaired) electrons. The van der Waals surface area contributed by atoms with Crippen LogP contribution in [0.25, 0.3) is 0 Å². The van der Waals surface area contributed by atoms with Crippen LogP contribution < -0.4 is 5.32 Å². The van der Waals surface area contributed by atoms with E-state index in [2.05, 4.69) is 11.4 Å². The van der Waals surface area contributed by atoms with Gasteiger partial charge in [0.2, 0.25) is 0 Å². The number of amides is 2. The Hall–Kier alpha value is -2.04. The van der Waals surface area contributed by atoms with Crippen molar-refractivity contribution in [3.63, 3.8) is 0 Å². The normalized spacial score (nSPS) is 12.0. The summed E-state index contributed by atoms with van der Waals surface area (Å²) >= 11 is 0. The fourth-order valence-electron chi connectivity index (χ4n) is 2.07. The summed E-state index contributed by atoms with van der Waals surface area (Å²) in [5.41, 5.74) is 2.34. The minimum atomic E-state index is -1.01. The highest BCUT2D eigenvalue weighted by Gasteiger charge is 2.20. The highest BCUT2D eigenvalue weighted by Crippen LogP contribution is 2.15. The first-order chi connectivity index (χ1) is 9.81. The third kappa shape index (κ3) is 5.45. The fourth-order valence-corrected chi connectivity index (χ4v) is 2.07. The van der Waals surface area contributed by atoms with Crippen molar-refractivity contribution < 1.29 is 14.7 Å². The lowest BCUT2D eigenvalue weighted by atomic mass is 9.99. The smallest absolute Gasteiger partial charge is 0.323 e. The van der Waals surface area contributed by atoms with E-state index in [0.717, 1.165) is 5.56 Å². The van der Waals surface area contributed by atoms with E-state index in [9.17, 15) is 9.59 Å². The van der Waals surface area contributed by atoms with Crippen molar-refractivity contribution in [3.8, 4) is 0 Å². The maximum atomic E-state index is 12.1. The molecule has 1 rings (SSSR count). The number of carbonyl (C=O) groups excluding carboxylic acids is 1. The van der Waals surface area contributed by atoms with Gasteiger partial charge in [0.25, 0.3) is 0 Å². The van der Waals surface area contributed by atoms with Crippen molar-refractivity contribution >= 4 is 12.0 Å². The molecule has 0 saturated heterocycles. The van der Waals surface area contributed by atoms with Crippen molar-refractivity contribution in [1.29, 1.82) is 0 Å². The molecule has 0 aliphatic carbocycles. The minimum absolute atomic E-state index is 0.157. The van der Waals surface area contributed by atoms with Gasteiger partial charge in [0.05, 0.1) is 0 Å². The summed E-state index contributed by atoms with van der Waals surface area (Å²) in [6, 6.07) is 7.65. The number of nitrogens with one attached hydrogen (secondary N) is 1. The number of benzene rings is 1. The molecule has 1 atom stereocenters. The van der Waals surface area contributed by atoms with Crippen molar-refractivity contribution in [2.24, 2.45) is 0 Å². The van der Waals surface area contributed by atoms with Crippen LogP contribution in [0.15, 0.2) is 24.3 Å². The summed E-state index contributed by atoms with van der Waals surface area (Å²) in [4.78, 5) is 24.2. The predicted octanol–water partition coefficient (Wildman–Crippen LogP) is 2.60. The molecule has 2 amide bonds. The number of carbonyl (C=O) groups is 2. The van der Waals surface area contributed by atoms with Crippen LogP contribution in [0.3, 0.4) is 0 Å². The number of aliphatic carboxylic acids is 1. The average molecular weight is 292 g/mol. The van der Waals surface area contributed by atoms with E-state index in [1.54, 1.807) is 13.8 Å². The van der Waals surface area contributed by atoms with Gasteiger partial charge in [-0.1, -0.05) is 36.8 Å². The maximum Gasteiger partial charge on any atom is 0.323 e. The van der Waals surface area contributed by atoms with E-state index >= 15 is 0 Å². The van der Waals surface area contributed by atoms with Gasteiger partial charge in [-0.05, 0) is 32.3 Å². The molecule has 0 heterocycles. The Balaban J connectivity index is 2.60. The third-order valence-electron chi connectivity index (χ3n) is 3.36. The van der Waals surface area contributed by atoms with Gasteiger partial charge in [-0.15, -0.1) is 0 Å². The van der Waals surface area contributed by atoms with Crippen LogP contribution in [0, 0.1) is 6.92 Å². The molecule has 21 heavy (non-hydrogen) atoms. The number of urea groups is 1. The van der Waals surface area contributed by atoms with Gasteiger partial charge >= 0.3 is 12.0 Å². The zero-order valence-corrected chi connectivity index (χ0v) is 13.1. The van der Waals surface area contributed by atoms with Crippen LogP contribution in [0.5, 0.6) is 0 Å². The SMILES string of the molecule is Cc1cccc(C(C)CNC(=O)N(CC(=O)O)C(C)C)c1. The molecule has 1 aromatic carbocycles. The quantitative estimate of drug-likeness (QED) is 0.846. The Kier molecular flexibility index (Phi) is 6.21. The molecule has 1 aromatic rings. The number of carboxylic acid groups (broad SMARTS) is 1. The van der Waals surface area contributed by atoms with Crippen LogP contribution in [-0.4, -0.2) is 41.1 Å². The average Bonchev–Trinajstić information content (AvgIpc) is 2.41. The molecule has 0 fully saturated rings. The molecule has 5 heteroatoms. The Morgan fingerprint density at radius 3 is 2.48 bits per heavy atom. The number of carboxylic acids is 1. The molecule has 0 saturated carbocycles. The summed E-state index contributed by atoms with van der Waals surface area (Å²) in [5.74, 6) is -0.835. The zero-order chi connectivity index (χ0) is 16.0. The summed E-state index contributed by atoms with van der Waals surface area (Å²) in [6.45, 7) is 7.85. The molecule has 0 bridgehead atoms. The van der Waals surface area contributed by atoms with Crippen molar-refractivity contribution in [3.05, 3.63) is 35.4 Å². The van der Waals surface area contributed by atoms with E-state index < -0.39 is 5.97 Å². The molecular weight excluding hydrogens is 268 g/mol. The van der Waals surface area contributed by atoms with Gasteiger partial charge in [-0.2, -0.15) is 0 Å². The Morgan fingerprint density at radius 2 is 1.95 bits per heavy atom. The van der Waals surface area contributed by atoms with E-state index in [0.29, 0.717) is 6.54 Å². The standard InChI is InChI=1S/C16H24N2O3/c1-11(2)18(10-15(19)20)16(21)17-9-13(4)14-7-5-6-12(3)8-14/h5-8,11,13H,9-10H2,1-4H3,(H,17,21)(H,19,20). The van der Waals surface area contributed by atoms with E-state index in [1.165, 1.54) is 10.5 Å². The molecule has 0 spiro atoms. The second-order valence-corrected chi connectivity index (χ2v) is 5.62. The molecule has 0 aliphatic heterocycles. The third-order valence-corrected chi connectivity index (χ3v) is 3.36. The van der Waals surface area contributed by atoms with Crippen LogP contribution in [0.2, 0.25) is 0 Å². The van der Waals surface area contributed by atoms with Gasteiger partial charge < -0.3 is 15.3 Å². The first-order valence-corrected chi connectivity index (χ1v) is 7.14. The summed E-state index contributed by atoms with van der Waals surface area (Å²) in [7, 11) is 0. The largest absolute Gasteiger partial charge is 0.480 e. The van der Waals surface area contributed by atoms with E-state index in [4.69, 9.17) is 5.11 Å². The predicted molar refractivity (Wildman–Crippen MR) is 82.5 cm³/mol. The number of rotatable bonds is 6. The van der Waals surface area contributed by atoms with Crippen molar-refractivity contribution in [2.75, 3.05) is 13.1 Å². The molecule has 0 aromatic heterocycles. The van der Waals surface area contributed by atoms with Crippen molar-refractivity contribution in [1.82, 2.24) is 10.2 Å². The second-order valence-electron chi connectivity index (χ2n) is 5.62. The first kappa shape index (κ1) is 17.0. The van der Waals surface area contributed by atoms with Gasteiger partial charge in [0.1, 0.15) is 6.54 Å². The molecule has 0 aliphatic rings. The molecular formula is C16H24N2O3. The topological polar surface area (TPSA) is 69.6 Å². The minimum Gasteiger partial charge on any atom is -0.480 e. The molecule has 116 valence electrons. The molecule has 5 nitrogen and oxygen atoms in total. The maximum absolute atomic E-state index is 12.1. The fraction of sp³-hybridized carbons (Fsp3) is 0.500. The summed E-state index contributed by atoms with van der Waals surface area (Å²) < 4.78 is 0. The Morgan fingerprint density at radius 1 is 1.29 bits per heavy atom. The number of hydrogen-bond donors (Lipinski definition) is 2. The Labute approximate surface area is 126 Å².